The van der Waals surface area contributed by atoms with Crippen molar-refractivity contribution < 1.29 is 4.74 Å². The van der Waals surface area contributed by atoms with Crippen LogP contribution in [0.4, 0.5) is 0 Å². The number of methoxy groups -OCH3 is 1. The fourth-order valence-electron chi connectivity index (χ4n) is 2.06. The molecule has 98 valence electrons. The molecule has 4 heteroatoms. The van der Waals surface area contributed by atoms with E-state index in [0.29, 0.717) is 6.04 Å². The summed E-state index contributed by atoms with van der Waals surface area (Å²) in [6, 6.07) is 0.324. The number of hydrogen-bond donors (Lipinski definition) is 1. The average Bonchev–Trinajstić information content (AvgIpc) is 2.65. The van der Waals surface area contributed by atoms with Crippen LogP contribution < -0.4 is 10.1 Å². The molecule has 0 spiro atoms. The summed E-state index contributed by atoms with van der Waals surface area (Å²) < 4.78 is 7.29. The lowest BCUT2D eigenvalue weighted by Gasteiger charge is -2.20. The quantitative estimate of drug-likeness (QED) is 0.794. The number of nitrogens with one attached hydrogen (secondary N) is 1. The first-order valence-electron chi connectivity index (χ1n) is 6.39. The topological polar surface area (TPSA) is 39.1 Å². The second kappa shape index (κ2) is 6.64. The van der Waals surface area contributed by atoms with Gasteiger partial charge in [-0.1, -0.05) is 20.8 Å². The van der Waals surface area contributed by atoms with Crippen LogP contribution in [0.1, 0.15) is 45.3 Å². The number of aryl methyl sites for hydroxylation is 1. The van der Waals surface area contributed by atoms with Crippen molar-refractivity contribution in [3.8, 4) is 5.75 Å². The highest BCUT2D eigenvalue weighted by Crippen LogP contribution is 2.28. The zero-order chi connectivity index (χ0) is 12.8. The molecule has 0 saturated heterocycles. The summed E-state index contributed by atoms with van der Waals surface area (Å²) in [5, 5.41) is 7.78. The lowest BCUT2D eigenvalue weighted by Crippen LogP contribution is -2.24. The molecule has 1 rings (SSSR count). The standard InChI is InChI=1S/C13H25N3O/c1-6-14-11(8-7-10(2)3)13-12(17-5)9-15-16(13)4/h9-11,14H,6-8H2,1-5H3. The molecule has 0 bridgehead atoms. The summed E-state index contributed by atoms with van der Waals surface area (Å²) in [4.78, 5) is 0. The SMILES string of the molecule is CCNC(CCC(C)C)c1c(OC)cnn1C. The monoisotopic (exact) mass is 239 g/mol. The van der Waals surface area contributed by atoms with E-state index in [-0.39, 0.29) is 0 Å². The number of rotatable bonds is 7. The van der Waals surface area contributed by atoms with E-state index in [1.165, 1.54) is 6.42 Å². The third-order valence-electron chi connectivity index (χ3n) is 2.98. The van der Waals surface area contributed by atoms with Gasteiger partial charge in [0.15, 0.2) is 5.75 Å². The minimum absolute atomic E-state index is 0.324. The molecule has 0 fully saturated rings. The highest BCUT2D eigenvalue weighted by Gasteiger charge is 2.19. The van der Waals surface area contributed by atoms with Crippen LogP contribution in [0.25, 0.3) is 0 Å². The summed E-state index contributed by atoms with van der Waals surface area (Å²) >= 11 is 0. The van der Waals surface area contributed by atoms with Gasteiger partial charge in [0, 0.05) is 7.05 Å². The van der Waals surface area contributed by atoms with E-state index in [0.717, 1.165) is 30.3 Å². The van der Waals surface area contributed by atoms with Gasteiger partial charge in [-0.25, -0.2) is 0 Å². The van der Waals surface area contributed by atoms with Gasteiger partial charge >= 0.3 is 0 Å². The van der Waals surface area contributed by atoms with Gasteiger partial charge in [-0.3, -0.25) is 4.68 Å². The van der Waals surface area contributed by atoms with Crippen LogP contribution in [0.15, 0.2) is 6.20 Å². The van der Waals surface area contributed by atoms with E-state index in [1.807, 2.05) is 11.7 Å². The van der Waals surface area contributed by atoms with Gasteiger partial charge in [0.05, 0.1) is 25.0 Å². The molecule has 0 aliphatic carbocycles. The molecule has 1 heterocycles. The Morgan fingerprint density at radius 3 is 2.65 bits per heavy atom. The van der Waals surface area contributed by atoms with Crippen LogP contribution in [0.3, 0.4) is 0 Å². The molecule has 1 aromatic rings. The van der Waals surface area contributed by atoms with Crippen LogP contribution in [0, 0.1) is 5.92 Å². The second-order valence-electron chi connectivity index (χ2n) is 4.80. The molecular formula is C13H25N3O. The van der Waals surface area contributed by atoms with Crippen LogP contribution in [-0.2, 0) is 7.05 Å². The lowest BCUT2D eigenvalue weighted by atomic mass is 10.0. The molecule has 0 aliphatic heterocycles. The summed E-state index contributed by atoms with van der Waals surface area (Å²) in [6.45, 7) is 7.59. The first-order valence-corrected chi connectivity index (χ1v) is 6.39. The largest absolute Gasteiger partial charge is 0.493 e. The van der Waals surface area contributed by atoms with Crippen molar-refractivity contribution in [2.24, 2.45) is 13.0 Å². The number of nitrogens with zero attached hydrogens (tertiary/aromatic N) is 2. The lowest BCUT2D eigenvalue weighted by molar-refractivity contribution is 0.379. The van der Waals surface area contributed by atoms with E-state index < -0.39 is 0 Å². The predicted molar refractivity (Wildman–Crippen MR) is 70.2 cm³/mol. The Morgan fingerprint density at radius 2 is 2.12 bits per heavy atom. The summed E-state index contributed by atoms with van der Waals surface area (Å²) in [7, 11) is 3.67. The molecule has 1 atom stereocenters. The highest BCUT2D eigenvalue weighted by molar-refractivity contribution is 5.28. The minimum atomic E-state index is 0.324. The summed E-state index contributed by atoms with van der Waals surface area (Å²) in [5.74, 6) is 1.59. The van der Waals surface area contributed by atoms with Crippen LogP contribution in [0.5, 0.6) is 5.75 Å². The minimum Gasteiger partial charge on any atom is -0.493 e. The molecule has 1 unspecified atom stereocenters. The third-order valence-corrected chi connectivity index (χ3v) is 2.98. The third kappa shape index (κ3) is 3.73. The van der Waals surface area contributed by atoms with Gasteiger partial charge < -0.3 is 10.1 Å². The van der Waals surface area contributed by atoms with Crippen LogP contribution >= 0.6 is 0 Å². The molecule has 0 radical (unpaired) electrons. The number of hydrogen-bond acceptors (Lipinski definition) is 3. The molecular weight excluding hydrogens is 214 g/mol. The maximum atomic E-state index is 5.38. The van der Waals surface area contributed by atoms with Crippen molar-refractivity contribution in [3.05, 3.63) is 11.9 Å². The van der Waals surface area contributed by atoms with E-state index in [9.17, 15) is 0 Å². The normalized spacial score (nSPS) is 13.1. The Kier molecular flexibility index (Phi) is 5.48. The highest BCUT2D eigenvalue weighted by atomic mass is 16.5. The van der Waals surface area contributed by atoms with Crippen molar-refractivity contribution >= 4 is 0 Å². The van der Waals surface area contributed by atoms with Gasteiger partial charge in [0.2, 0.25) is 0 Å². The maximum Gasteiger partial charge on any atom is 0.161 e. The summed E-state index contributed by atoms with van der Waals surface area (Å²) in [6.07, 6.45) is 4.10. The van der Waals surface area contributed by atoms with Gasteiger partial charge in [-0.15, -0.1) is 0 Å². The first kappa shape index (κ1) is 14.0. The van der Waals surface area contributed by atoms with Crippen molar-refractivity contribution in [2.45, 2.75) is 39.7 Å². The number of aromatic nitrogens is 2. The van der Waals surface area contributed by atoms with Gasteiger partial charge in [0.25, 0.3) is 0 Å². The fraction of sp³-hybridized carbons (Fsp3) is 0.769. The second-order valence-corrected chi connectivity index (χ2v) is 4.80. The van der Waals surface area contributed by atoms with Gasteiger partial charge in [0.1, 0.15) is 0 Å². The van der Waals surface area contributed by atoms with Crippen molar-refractivity contribution in [1.29, 1.82) is 0 Å². The zero-order valence-corrected chi connectivity index (χ0v) is 11.7. The Morgan fingerprint density at radius 1 is 1.41 bits per heavy atom. The average molecular weight is 239 g/mol. The fourth-order valence-corrected chi connectivity index (χ4v) is 2.06. The molecule has 17 heavy (non-hydrogen) atoms. The van der Waals surface area contributed by atoms with Crippen molar-refractivity contribution in [2.75, 3.05) is 13.7 Å². The number of ether oxygens (including phenoxy) is 1. The van der Waals surface area contributed by atoms with E-state index >= 15 is 0 Å². The van der Waals surface area contributed by atoms with Gasteiger partial charge in [-0.05, 0) is 25.3 Å². The van der Waals surface area contributed by atoms with Gasteiger partial charge in [-0.2, -0.15) is 5.10 Å². The zero-order valence-electron chi connectivity index (χ0n) is 11.7. The predicted octanol–water partition coefficient (Wildman–Crippen LogP) is 2.52. The van der Waals surface area contributed by atoms with E-state index in [1.54, 1.807) is 13.3 Å². The molecule has 4 nitrogen and oxygen atoms in total. The molecule has 0 amide bonds. The van der Waals surface area contributed by atoms with Crippen LogP contribution in [0.2, 0.25) is 0 Å². The first-order chi connectivity index (χ1) is 8.10. The van der Waals surface area contributed by atoms with E-state index in [4.69, 9.17) is 4.74 Å². The molecule has 0 saturated carbocycles. The Balaban J connectivity index is 2.84. The van der Waals surface area contributed by atoms with Crippen LogP contribution in [-0.4, -0.2) is 23.4 Å². The maximum absolute atomic E-state index is 5.38. The molecule has 1 N–H and O–H groups in total. The summed E-state index contributed by atoms with van der Waals surface area (Å²) in [5.41, 5.74) is 1.15. The Labute approximate surface area is 104 Å². The Bertz CT molecular complexity index is 333. The smallest absolute Gasteiger partial charge is 0.161 e. The van der Waals surface area contributed by atoms with Crippen molar-refractivity contribution in [1.82, 2.24) is 15.1 Å². The molecule has 0 aliphatic rings. The molecule has 1 aromatic heterocycles. The van der Waals surface area contributed by atoms with Crippen molar-refractivity contribution in [3.63, 3.8) is 0 Å². The van der Waals surface area contributed by atoms with E-state index in [2.05, 4.69) is 31.2 Å². The Hall–Kier alpha value is -1.03. The molecule has 0 aromatic carbocycles.